The summed E-state index contributed by atoms with van der Waals surface area (Å²) in [4.78, 5) is 0. The van der Waals surface area contributed by atoms with Crippen LogP contribution in [0.25, 0.3) is 0 Å². The van der Waals surface area contributed by atoms with E-state index in [4.69, 9.17) is 0 Å². The van der Waals surface area contributed by atoms with Crippen molar-refractivity contribution < 1.29 is 0 Å². The highest BCUT2D eigenvalue weighted by molar-refractivity contribution is 6.37. The molecule has 0 N–H and O–H groups in total. The minimum absolute atomic E-state index is 0.275. The van der Waals surface area contributed by atoms with Gasteiger partial charge in [-0.1, -0.05) is 49.9 Å². The van der Waals surface area contributed by atoms with Gasteiger partial charge in [0.15, 0.2) is 0 Å². The lowest BCUT2D eigenvalue weighted by Crippen LogP contribution is -2.21. The van der Waals surface area contributed by atoms with Gasteiger partial charge in [-0.05, 0) is 11.0 Å². The molecule has 1 aromatic rings. The maximum Gasteiger partial charge on any atom is 0.139 e. The molecule has 0 nitrogen and oxygen atoms in total. The fourth-order valence-corrected chi connectivity index (χ4v) is 1.41. The summed E-state index contributed by atoms with van der Waals surface area (Å²) < 4.78 is 0. The van der Waals surface area contributed by atoms with E-state index in [2.05, 4.69) is 54.7 Å². The molecule has 0 aromatic heterocycles. The smallest absolute Gasteiger partial charge is 0.0892 e. The molecule has 0 aliphatic rings. The molecule has 0 unspecified atom stereocenters. The monoisotopic (exact) mass is 158 g/mol. The number of benzene rings is 1. The summed E-state index contributed by atoms with van der Waals surface area (Å²) >= 11 is 0. The van der Waals surface area contributed by atoms with E-state index in [1.807, 2.05) is 0 Å². The Kier molecular flexibility index (Phi) is 2.36. The van der Waals surface area contributed by atoms with Crippen LogP contribution >= 0.6 is 0 Å². The van der Waals surface area contributed by atoms with Gasteiger partial charge in [0.05, 0.1) is 0 Å². The third-order valence-electron chi connectivity index (χ3n) is 2.09. The van der Waals surface area contributed by atoms with Crippen LogP contribution in [0.1, 0.15) is 26.3 Å². The normalized spacial score (nSPS) is 11.6. The van der Waals surface area contributed by atoms with Crippen molar-refractivity contribution in [3.63, 3.8) is 0 Å². The van der Waals surface area contributed by atoms with E-state index in [-0.39, 0.29) is 5.41 Å². The van der Waals surface area contributed by atoms with Crippen LogP contribution < -0.4 is 10.9 Å². The average Bonchev–Trinajstić information content (AvgIpc) is 1.82. The summed E-state index contributed by atoms with van der Waals surface area (Å²) in [6, 6.07) is 6.76. The molecule has 0 bridgehead atoms. The van der Waals surface area contributed by atoms with Gasteiger partial charge >= 0.3 is 0 Å². The van der Waals surface area contributed by atoms with E-state index in [0.717, 1.165) is 0 Å². The number of hydrogen-bond acceptors (Lipinski definition) is 0. The highest BCUT2D eigenvalue weighted by Crippen LogP contribution is 2.19. The molecule has 0 fully saturated rings. The summed E-state index contributed by atoms with van der Waals surface area (Å²) in [6.45, 7) is 6.75. The summed E-state index contributed by atoms with van der Waals surface area (Å²) in [5.41, 5.74) is 4.43. The molecule has 0 spiro atoms. The highest BCUT2D eigenvalue weighted by atomic mass is 14.2. The first-order chi connectivity index (χ1) is 5.39. The second kappa shape index (κ2) is 3.01. The SMILES string of the molecule is Bc1cc(B)cc(C(C)(C)C)c1. The van der Waals surface area contributed by atoms with E-state index in [1.165, 1.54) is 16.5 Å². The van der Waals surface area contributed by atoms with Crippen LogP contribution in [0, 0.1) is 0 Å². The summed E-state index contributed by atoms with van der Waals surface area (Å²) in [5.74, 6) is 0. The topological polar surface area (TPSA) is 0 Å². The molecule has 0 saturated heterocycles. The first-order valence-corrected chi connectivity index (χ1v) is 4.48. The van der Waals surface area contributed by atoms with Gasteiger partial charge in [-0.3, -0.25) is 0 Å². The molecule has 0 saturated carbocycles. The molecule has 62 valence electrons. The molecule has 0 amide bonds. The molecular weight excluding hydrogens is 142 g/mol. The Bertz CT molecular complexity index is 264. The van der Waals surface area contributed by atoms with Crippen molar-refractivity contribution in [3.05, 3.63) is 23.8 Å². The fraction of sp³-hybridized carbons (Fsp3) is 0.400. The number of rotatable bonds is 0. The molecule has 0 radical (unpaired) electrons. The van der Waals surface area contributed by atoms with Gasteiger partial charge in [0.25, 0.3) is 0 Å². The molecule has 1 rings (SSSR count). The first-order valence-electron chi connectivity index (χ1n) is 4.48. The van der Waals surface area contributed by atoms with Crippen molar-refractivity contribution in [1.29, 1.82) is 0 Å². The lowest BCUT2D eigenvalue weighted by molar-refractivity contribution is 0.591. The number of hydrogen-bond donors (Lipinski definition) is 0. The van der Waals surface area contributed by atoms with Crippen molar-refractivity contribution in [1.82, 2.24) is 0 Å². The van der Waals surface area contributed by atoms with Crippen LogP contribution in [-0.4, -0.2) is 15.7 Å². The Morgan fingerprint density at radius 3 is 1.67 bits per heavy atom. The molecule has 1 aromatic carbocycles. The van der Waals surface area contributed by atoms with Crippen LogP contribution in [0.5, 0.6) is 0 Å². The molecule has 12 heavy (non-hydrogen) atoms. The fourth-order valence-electron chi connectivity index (χ4n) is 1.41. The van der Waals surface area contributed by atoms with Crippen molar-refractivity contribution in [2.45, 2.75) is 26.2 Å². The van der Waals surface area contributed by atoms with Gasteiger partial charge in [0, 0.05) is 0 Å². The maximum atomic E-state index is 2.27. The molecule has 0 heterocycles. The third-order valence-corrected chi connectivity index (χ3v) is 2.09. The Labute approximate surface area is 77.2 Å². The molecule has 2 heteroatoms. The summed E-state index contributed by atoms with van der Waals surface area (Å²) in [6.07, 6.45) is 0. The Balaban J connectivity index is 3.18. The maximum absolute atomic E-state index is 2.27. The van der Waals surface area contributed by atoms with Gasteiger partial charge in [-0.15, -0.1) is 0 Å². The zero-order chi connectivity index (χ0) is 9.35. The van der Waals surface area contributed by atoms with Crippen LogP contribution in [-0.2, 0) is 5.41 Å². The quantitative estimate of drug-likeness (QED) is 0.446. The minimum atomic E-state index is 0.275. The molecule has 0 atom stereocenters. The Morgan fingerprint density at radius 1 is 0.917 bits per heavy atom. The highest BCUT2D eigenvalue weighted by Gasteiger charge is 2.13. The van der Waals surface area contributed by atoms with Crippen LogP contribution in [0.4, 0.5) is 0 Å². The van der Waals surface area contributed by atoms with Gasteiger partial charge in [-0.25, -0.2) is 0 Å². The van der Waals surface area contributed by atoms with Crippen molar-refractivity contribution in [3.8, 4) is 0 Å². The van der Waals surface area contributed by atoms with Crippen LogP contribution in [0.2, 0.25) is 0 Å². The average molecular weight is 158 g/mol. The second-order valence-electron chi connectivity index (χ2n) is 4.63. The minimum Gasteiger partial charge on any atom is -0.0892 e. The molecular formula is C10H16B2. The van der Waals surface area contributed by atoms with E-state index < -0.39 is 0 Å². The Hall–Kier alpha value is -0.650. The lowest BCUT2D eigenvalue weighted by atomic mass is 9.78. The van der Waals surface area contributed by atoms with Crippen molar-refractivity contribution in [2.75, 3.05) is 0 Å². The van der Waals surface area contributed by atoms with Gasteiger partial charge in [-0.2, -0.15) is 0 Å². The zero-order valence-electron chi connectivity index (χ0n) is 8.73. The standard InChI is InChI=1S/C10H16B2/c1-10(2,3)7-4-8(11)6-9(12)5-7/h4-6H,11-12H2,1-3H3. The van der Waals surface area contributed by atoms with Gasteiger partial charge in [0.2, 0.25) is 0 Å². The lowest BCUT2D eigenvalue weighted by Gasteiger charge is -2.20. The Morgan fingerprint density at radius 2 is 1.33 bits per heavy atom. The zero-order valence-corrected chi connectivity index (χ0v) is 8.73. The second-order valence-corrected chi connectivity index (χ2v) is 4.63. The predicted octanol–water partition coefficient (Wildman–Crippen LogP) is -0.499. The van der Waals surface area contributed by atoms with Gasteiger partial charge in [0.1, 0.15) is 15.7 Å². The van der Waals surface area contributed by atoms with E-state index >= 15 is 0 Å². The van der Waals surface area contributed by atoms with Crippen LogP contribution in [0.15, 0.2) is 18.2 Å². The van der Waals surface area contributed by atoms with Crippen molar-refractivity contribution in [2.24, 2.45) is 0 Å². The largest absolute Gasteiger partial charge is 0.139 e. The van der Waals surface area contributed by atoms with E-state index in [9.17, 15) is 0 Å². The van der Waals surface area contributed by atoms with Gasteiger partial charge < -0.3 is 0 Å². The summed E-state index contributed by atoms with van der Waals surface area (Å²) in [5, 5.41) is 0. The van der Waals surface area contributed by atoms with E-state index in [0.29, 0.717) is 0 Å². The predicted molar refractivity (Wildman–Crippen MR) is 61.5 cm³/mol. The summed E-state index contributed by atoms with van der Waals surface area (Å²) in [7, 11) is 4.31. The first kappa shape index (κ1) is 9.44. The molecule has 0 aliphatic heterocycles. The van der Waals surface area contributed by atoms with Crippen molar-refractivity contribution >= 4 is 26.6 Å². The molecule has 0 aliphatic carbocycles. The third kappa shape index (κ3) is 2.17. The van der Waals surface area contributed by atoms with Crippen LogP contribution in [0.3, 0.4) is 0 Å². The van der Waals surface area contributed by atoms with E-state index in [1.54, 1.807) is 0 Å².